The number of phenolic OH excluding ortho intramolecular Hbond substituents is 1. The molecule has 0 fully saturated rings. The highest BCUT2D eigenvalue weighted by Crippen LogP contribution is 2.29. The van der Waals surface area contributed by atoms with Crippen LogP contribution in [0.3, 0.4) is 0 Å². The van der Waals surface area contributed by atoms with Crippen molar-refractivity contribution in [1.29, 1.82) is 0 Å². The molecule has 2 aromatic heterocycles. The Hall–Kier alpha value is -2.70. The van der Waals surface area contributed by atoms with Gasteiger partial charge >= 0.3 is 0 Å². The Morgan fingerprint density at radius 1 is 1.37 bits per heavy atom. The maximum Gasteiger partial charge on any atom is 0.262 e. The Morgan fingerprint density at radius 3 is 2.89 bits per heavy atom. The number of hydrogen-bond acceptors (Lipinski definition) is 5. The number of aryl methyl sites for hydroxylation is 1. The quantitative estimate of drug-likeness (QED) is 0.762. The fourth-order valence-corrected chi connectivity index (χ4v) is 1.69. The summed E-state index contributed by atoms with van der Waals surface area (Å²) in [5.74, 6) is 0.151. The Kier molecular flexibility index (Phi) is 2.52. The summed E-state index contributed by atoms with van der Waals surface area (Å²) in [6.07, 6.45) is 3.36. The van der Waals surface area contributed by atoms with Crippen molar-refractivity contribution in [3.05, 3.63) is 36.4 Å². The van der Waals surface area contributed by atoms with Crippen molar-refractivity contribution in [2.75, 3.05) is 0 Å². The van der Waals surface area contributed by atoms with Crippen LogP contribution in [0, 0.1) is 5.82 Å². The highest BCUT2D eigenvalue weighted by Gasteiger charge is 2.16. The maximum atomic E-state index is 12.9. The third-order valence-corrected chi connectivity index (χ3v) is 2.64. The predicted molar refractivity (Wildman–Crippen MR) is 63.6 cm³/mol. The summed E-state index contributed by atoms with van der Waals surface area (Å²) in [7, 11) is 1.80. The van der Waals surface area contributed by atoms with Crippen molar-refractivity contribution >= 4 is 0 Å². The molecule has 7 heteroatoms. The van der Waals surface area contributed by atoms with Crippen LogP contribution in [0.4, 0.5) is 4.39 Å². The van der Waals surface area contributed by atoms with Crippen LogP contribution in [0.15, 0.2) is 35.1 Å². The molecule has 0 saturated carbocycles. The minimum atomic E-state index is -0.537. The third-order valence-electron chi connectivity index (χ3n) is 2.64. The van der Waals surface area contributed by atoms with E-state index in [2.05, 4.69) is 15.1 Å². The number of aromatic hydroxyl groups is 1. The molecular formula is C12H9FN4O2. The summed E-state index contributed by atoms with van der Waals surface area (Å²) in [6.45, 7) is 0. The first kappa shape index (κ1) is 11.4. The van der Waals surface area contributed by atoms with Gasteiger partial charge in [0.1, 0.15) is 11.6 Å². The molecule has 3 rings (SSSR count). The van der Waals surface area contributed by atoms with Crippen molar-refractivity contribution in [1.82, 2.24) is 19.7 Å². The molecule has 0 saturated heterocycles. The Morgan fingerprint density at radius 2 is 2.21 bits per heavy atom. The Labute approximate surface area is 107 Å². The van der Waals surface area contributed by atoms with E-state index in [1.54, 1.807) is 24.0 Å². The molecule has 0 spiro atoms. The smallest absolute Gasteiger partial charge is 0.262 e. The van der Waals surface area contributed by atoms with E-state index < -0.39 is 5.82 Å². The molecule has 1 N–H and O–H groups in total. The number of nitrogens with zero attached hydrogens (tertiary/aromatic N) is 4. The number of benzene rings is 1. The minimum absolute atomic E-state index is 0.107. The summed E-state index contributed by atoms with van der Waals surface area (Å²) < 4.78 is 19.7. The van der Waals surface area contributed by atoms with Crippen LogP contribution in [-0.4, -0.2) is 24.8 Å². The zero-order chi connectivity index (χ0) is 13.4. The van der Waals surface area contributed by atoms with Crippen molar-refractivity contribution in [2.24, 2.45) is 7.05 Å². The molecule has 19 heavy (non-hydrogen) atoms. The third kappa shape index (κ3) is 1.95. The standard InChI is InChI=1S/C12H9FN4O2/c1-17-5-4-14-11(17)10-15-12(19-16-10)8-3-2-7(13)6-9(8)18/h2-6,18H,1H3. The van der Waals surface area contributed by atoms with E-state index in [0.717, 1.165) is 6.07 Å². The second-order valence-electron chi connectivity index (χ2n) is 3.95. The lowest BCUT2D eigenvalue weighted by atomic mass is 10.2. The topological polar surface area (TPSA) is 77.0 Å². The van der Waals surface area contributed by atoms with Gasteiger partial charge in [0.15, 0.2) is 5.82 Å². The molecule has 2 heterocycles. The summed E-state index contributed by atoms with van der Waals surface area (Å²) in [6, 6.07) is 3.57. The second-order valence-corrected chi connectivity index (χ2v) is 3.95. The van der Waals surface area contributed by atoms with E-state index in [1.807, 2.05) is 0 Å². The minimum Gasteiger partial charge on any atom is -0.507 e. The van der Waals surface area contributed by atoms with E-state index >= 15 is 0 Å². The fraction of sp³-hybridized carbons (Fsp3) is 0.0833. The van der Waals surface area contributed by atoms with Crippen LogP contribution in [0.1, 0.15) is 0 Å². The van der Waals surface area contributed by atoms with Gasteiger partial charge in [0.05, 0.1) is 5.56 Å². The van der Waals surface area contributed by atoms with E-state index in [4.69, 9.17) is 4.52 Å². The monoisotopic (exact) mass is 260 g/mol. The van der Waals surface area contributed by atoms with Crippen LogP contribution in [0.25, 0.3) is 23.1 Å². The van der Waals surface area contributed by atoms with Gasteiger partial charge in [-0.15, -0.1) is 0 Å². The molecule has 0 bridgehead atoms. The molecule has 0 amide bonds. The molecule has 1 aromatic carbocycles. The van der Waals surface area contributed by atoms with E-state index in [1.165, 1.54) is 12.1 Å². The molecule has 0 unspecified atom stereocenters. The summed E-state index contributed by atoms with van der Waals surface area (Å²) in [5, 5.41) is 13.4. The highest BCUT2D eigenvalue weighted by molar-refractivity contribution is 5.63. The number of imidazole rings is 1. The predicted octanol–water partition coefficient (Wildman–Crippen LogP) is 1.98. The number of hydrogen-bond donors (Lipinski definition) is 1. The van der Waals surface area contributed by atoms with Gasteiger partial charge in [-0.25, -0.2) is 9.37 Å². The average molecular weight is 260 g/mol. The zero-order valence-corrected chi connectivity index (χ0v) is 9.91. The molecule has 0 aliphatic rings. The molecule has 0 radical (unpaired) electrons. The molecule has 6 nitrogen and oxygen atoms in total. The normalized spacial score (nSPS) is 10.8. The van der Waals surface area contributed by atoms with Crippen LogP contribution < -0.4 is 0 Å². The highest BCUT2D eigenvalue weighted by atomic mass is 19.1. The van der Waals surface area contributed by atoms with Gasteiger partial charge in [0.2, 0.25) is 5.82 Å². The van der Waals surface area contributed by atoms with Gasteiger partial charge in [-0.1, -0.05) is 5.16 Å². The first-order valence-corrected chi connectivity index (χ1v) is 5.45. The molecule has 0 aliphatic heterocycles. The van der Waals surface area contributed by atoms with Gasteiger partial charge in [0.25, 0.3) is 5.89 Å². The first-order chi connectivity index (χ1) is 9.15. The van der Waals surface area contributed by atoms with Crippen molar-refractivity contribution in [2.45, 2.75) is 0 Å². The molecule has 0 atom stereocenters. The van der Waals surface area contributed by atoms with Crippen LogP contribution in [0.2, 0.25) is 0 Å². The number of rotatable bonds is 2. The lowest BCUT2D eigenvalue weighted by Gasteiger charge is -1.98. The van der Waals surface area contributed by atoms with Gasteiger partial charge in [-0.05, 0) is 12.1 Å². The zero-order valence-electron chi connectivity index (χ0n) is 9.91. The molecule has 3 aromatic rings. The summed E-state index contributed by atoms with van der Waals surface area (Å²) in [5.41, 5.74) is 0.273. The van der Waals surface area contributed by atoms with E-state index in [-0.39, 0.29) is 17.2 Å². The first-order valence-electron chi connectivity index (χ1n) is 5.45. The number of halogens is 1. The van der Waals surface area contributed by atoms with Gasteiger partial charge in [-0.3, -0.25) is 0 Å². The van der Waals surface area contributed by atoms with Crippen LogP contribution in [0.5, 0.6) is 5.75 Å². The average Bonchev–Trinajstić information content (AvgIpc) is 2.97. The van der Waals surface area contributed by atoms with E-state index in [0.29, 0.717) is 11.6 Å². The van der Waals surface area contributed by atoms with Gasteiger partial charge < -0.3 is 14.2 Å². The summed E-state index contributed by atoms with van der Waals surface area (Å²) >= 11 is 0. The largest absolute Gasteiger partial charge is 0.507 e. The fourth-order valence-electron chi connectivity index (χ4n) is 1.69. The number of aromatic nitrogens is 4. The van der Waals surface area contributed by atoms with Crippen molar-refractivity contribution in [3.8, 4) is 28.9 Å². The molecular weight excluding hydrogens is 251 g/mol. The van der Waals surface area contributed by atoms with Crippen molar-refractivity contribution in [3.63, 3.8) is 0 Å². The molecule has 96 valence electrons. The van der Waals surface area contributed by atoms with Gasteiger partial charge in [0, 0.05) is 25.5 Å². The van der Waals surface area contributed by atoms with Crippen LogP contribution >= 0.6 is 0 Å². The maximum absolute atomic E-state index is 12.9. The number of phenols is 1. The Bertz CT molecular complexity index is 735. The Balaban J connectivity index is 2.04. The van der Waals surface area contributed by atoms with Gasteiger partial charge in [-0.2, -0.15) is 4.98 Å². The van der Waals surface area contributed by atoms with Crippen molar-refractivity contribution < 1.29 is 14.0 Å². The van der Waals surface area contributed by atoms with Crippen LogP contribution in [-0.2, 0) is 7.05 Å². The lowest BCUT2D eigenvalue weighted by Crippen LogP contribution is -1.92. The lowest BCUT2D eigenvalue weighted by molar-refractivity contribution is 0.424. The van der Waals surface area contributed by atoms with E-state index in [9.17, 15) is 9.50 Å². The second kappa shape index (κ2) is 4.20. The molecule has 0 aliphatic carbocycles. The summed E-state index contributed by atoms with van der Waals surface area (Å²) in [4.78, 5) is 8.22. The SMILES string of the molecule is Cn1ccnc1-c1noc(-c2ccc(F)cc2O)n1.